The number of hydrogen-bond acceptors (Lipinski definition) is 7. The molecule has 3 N–H and O–H groups in total. The Balaban J connectivity index is 1.14. The van der Waals surface area contributed by atoms with Crippen LogP contribution in [0.2, 0.25) is 5.02 Å². The first-order valence-corrected chi connectivity index (χ1v) is 17.1. The van der Waals surface area contributed by atoms with Crippen molar-refractivity contribution >= 4 is 17.7 Å². The molecule has 1 amide bonds. The summed E-state index contributed by atoms with van der Waals surface area (Å²) in [6.45, 7) is 6.29. The molecule has 0 aromatic heterocycles. The van der Waals surface area contributed by atoms with Crippen LogP contribution >= 0.6 is 11.6 Å². The van der Waals surface area contributed by atoms with Crippen molar-refractivity contribution in [2.75, 3.05) is 26.2 Å². The van der Waals surface area contributed by atoms with E-state index in [1.807, 2.05) is 84.9 Å². The number of aliphatic hydroxyl groups excluding tert-OH is 1. The normalized spacial score (nSPS) is 20.8. The van der Waals surface area contributed by atoms with Crippen LogP contribution in [0.15, 0.2) is 110 Å². The summed E-state index contributed by atoms with van der Waals surface area (Å²) in [6.07, 6.45) is 2.15. The highest BCUT2D eigenvalue weighted by Crippen LogP contribution is 2.40. The Bertz CT molecular complexity index is 1690. The second-order valence-electron chi connectivity index (χ2n) is 12.8. The summed E-state index contributed by atoms with van der Waals surface area (Å²) in [7, 11) is 0. The summed E-state index contributed by atoms with van der Waals surface area (Å²) >= 11 is 6.08. The third-order valence-electron chi connectivity index (χ3n) is 9.35. The maximum atomic E-state index is 11.9. The number of likely N-dealkylation sites (tertiary alicyclic amines) is 1. The number of nitrogens with one attached hydrogen (secondary N) is 1. The minimum absolute atomic E-state index is 0.00840. The van der Waals surface area contributed by atoms with Gasteiger partial charge in [0, 0.05) is 43.2 Å². The fraction of sp³-hybridized carbons (Fsp3) is 0.325. The monoisotopic (exact) mass is 682 g/mol. The third kappa shape index (κ3) is 8.97. The molecule has 0 saturated carbocycles. The molecule has 2 fully saturated rings. The Morgan fingerprint density at radius 1 is 0.939 bits per heavy atom. The van der Waals surface area contributed by atoms with Gasteiger partial charge in [-0.2, -0.15) is 0 Å². The van der Waals surface area contributed by atoms with Crippen LogP contribution in [0.4, 0.5) is 4.79 Å². The first-order valence-electron chi connectivity index (χ1n) is 16.7. The molecule has 8 nitrogen and oxygen atoms in total. The molecule has 4 aromatic carbocycles. The van der Waals surface area contributed by atoms with Crippen LogP contribution in [0.3, 0.4) is 0 Å². The van der Waals surface area contributed by atoms with Crippen molar-refractivity contribution < 1.29 is 29.2 Å². The highest BCUT2D eigenvalue weighted by molar-refractivity contribution is 6.30. The van der Waals surface area contributed by atoms with Crippen molar-refractivity contribution in [2.24, 2.45) is 0 Å². The van der Waals surface area contributed by atoms with Crippen LogP contribution < -0.4 is 5.32 Å². The minimum Gasteiger partial charge on any atom is -0.445 e. The topological polar surface area (TPSA) is 100 Å². The highest BCUT2D eigenvalue weighted by Gasteiger charge is 2.37. The Hall–Kier alpha value is -4.02. The Morgan fingerprint density at radius 2 is 1.65 bits per heavy atom. The lowest BCUT2D eigenvalue weighted by atomic mass is 9.84. The molecule has 256 valence electrons. The van der Waals surface area contributed by atoms with Crippen molar-refractivity contribution in [3.63, 3.8) is 0 Å². The van der Waals surface area contributed by atoms with Crippen molar-refractivity contribution in [3.05, 3.63) is 143 Å². The van der Waals surface area contributed by atoms with E-state index in [4.69, 9.17) is 25.8 Å². The molecule has 0 bridgehead atoms. The summed E-state index contributed by atoms with van der Waals surface area (Å²) in [5.41, 5.74) is 5.87. The van der Waals surface area contributed by atoms with E-state index in [9.17, 15) is 15.0 Å². The van der Waals surface area contributed by atoms with Gasteiger partial charge in [0.25, 0.3) is 0 Å². The van der Waals surface area contributed by atoms with Crippen molar-refractivity contribution in [2.45, 2.75) is 56.5 Å². The number of benzene rings is 4. The fourth-order valence-corrected chi connectivity index (χ4v) is 6.65. The van der Waals surface area contributed by atoms with Gasteiger partial charge in [-0.25, -0.2) is 4.79 Å². The van der Waals surface area contributed by atoms with Crippen molar-refractivity contribution in [3.8, 4) is 11.1 Å². The molecular formula is C40H43ClN2O6. The quantitative estimate of drug-likeness (QED) is 0.141. The molecule has 2 saturated heterocycles. The number of hydrogen-bond donors (Lipinski definition) is 3. The molecule has 49 heavy (non-hydrogen) atoms. The maximum absolute atomic E-state index is 11.9. The summed E-state index contributed by atoms with van der Waals surface area (Å²) in [4.78, 5) is 14.2. The van der Waals surface area contributed by atoms with E-state index in [0.717, 1.165) is 58.6 Å². The van der Waals surface area contributed by atoms with Gasteiger partial charge in [0.05, 0.1) is 24.4 Å². The number of rotatable bonds is 11. The van der Waals surface area contributed by atoms with E-state index < -0.39 is 18.0 Å². The van der Waals surface area contributed by atoms with Crippen LogP contribution in [-0.4, -0.2) is 53.6 Å². The number of alkyl carbamates (subject to hydrolysis) is 1. The van der Waals surface area contributed by atoms with Gasteiger partial charge in [-0.1, -0.05) is 103 Å². The van der Waals surface area contributed by atoms with Crippen LogP contribution in [0.25, 0.3) is 11.1 Å². The first-order chi connectivity index (χ1) is 23.8. The third-order valence-corrected chi connectivity index (χ3v) is 9.61. The summed E-state index contributed by atoms with van der Waals surface area (Å²) in [5, 5.41) is 24.4. The Labute approximate surface area is 292 Å². The lowest BCUT2D eigenvalue weighted by molar-refractivity contribution is -0.253. The van der Waals surface area contributed by atoms with E-state index in [0.29, 0.717) is 30.8 Å². The average molecular weight is 683 g/mol. The Morgan fingerprint density at radius 3 is 2.35 bits per heavy atom. The number of piperidine rings is 1. The predicted octanol–water partition coefficient (Wildman–Crippen LogP) is 7.44. The summed E-state index contributed by atoms with van der Waals surface area (Å²) in [5.74, 6) is 0. The molecule has 4 aromatic rings. The lowest BCUT2D eigenvalue weighted by Gasteiger charge is -2.42. The number of nitrogens with zero attached hydrogens (tertiary/aromatic N) is 1. The molecule has 2 aliphatic heterocycles. The van der Waals surface area contributed by atoms with Gasteiger partial charge in [0.15, 0.2) is 6.29 Å². The molecule has 0 unspecified atom stereocenters. The predicted molar refractivity (Wildman–Crippen MR) is 190 cm³/mol. The number of halogens is 1. The maximum Gasteiger partial charge on any atom is 0.407 e. The molecule has 6 rings (SSSR count). The smallest absolute Gasteiger partial charge is 0.407 e. The number of amides is 1. The number of aliphatic hydroxyl groups is 2. The molecule has 0 spiro atoms. The van der Waals surface area contributed by atoms with Gasteiger partial charge >= 0.3 is 6.09 Å². The van der Waals surface area contributed by atoms with Gasteiger partial charge < -0.3 is 34.6 Å². The molecule has 0 radical (unpaired) electrons. The number of carbonyl (C=O) groups excluding carboxylic acids is 1. The Kier molecular flexibility index (Phi) is 11.5. The van der Waals surface area contributed by atoms with Gasteiger partial charge in [-0.3, -0.25) is 0 Å². The molecule has 2 heterocycles. The van der Waals surface area contributed by atoms with Gasteiger partial charge in [-0.05, 0) is 64.4 Å². The SMILES string of the molecule is C=CCOC(=O)NCc1cccc(-c2ccc([C@@H]3O[C@H](CN4CCC(O)(c5ccc(Cl)cc5)CC4)C[C@H](c4ccc(CO)cc4)O3)cc2)c1. The van der Waals surface area contributed by atoms with Gasteiger partial charge in [0.1, 0.15) is 6.61 Å². The largest absolute Gasteiger partial charge is 0.445 e. The van der Waals surface area contributed by atoms with Gasteiger partial charge in [-0.15, -0.1) is 0 Å². The van der Waals surface area contributed by atoms with E-state index in [1.165, 1.54) is 6.08 Å². The van der Waals surface area contributed by atoms with Crippen LogP contribution in [0.1, 0.15) is 59.5 Å². The summed E-state index contributed by atoms with van der Waals surface area (Å²) in [6, 6.07) is 31.6. The zero-order chi connectivity index (χ0) is 34.2. The molecular weight excluding hydrogens is 640 g/mol. The zero-order valence-electron chi connectivity index (χ0n) is 27.5. The van der Waals surface area contributed by atoms with E-state index >= 15 is 0 Å². The molecule has 3 atom stereocenters. The number of carbonyl (C=O) groups is 1. The van der Waals surface area contributed by atoms with E-state index in [1.54, 1.807) is 0 Å². The standard InChI is InChI=1S/C40H43ClN2O6/c1-2-22-47-39(45)42-25-29-4-3-5-33(23-29)30-10-12-32(13-11-30)38-48-36(24-37(49-38)31-8-6-28(27-44)7-9-31)26-43-20-18-40(46,19-21-43)34-14-16-35(41)17-15-34/h2-17,23,36-38,44,46H,1,18-22,24-27H2,(H,42,45)/t36-,37+,38+/m0/s1. The summed E-state index contributed by atoms with van der Waals surface area (Å²) < 4.78 is 18.2. The average Bonchev–Trinajstić information content (AvgIpc) is 3.14. The van der Waals surface area contributed by atoms with E-state index in [2.05, 4.69) is 28.9 Å². The molecule has 9 heteroatoms. The number of ether oxygens (including phenoxy) is 3. The highest BCUT2D eigenvalue weighted by atomic mass is 35.5. The minimum atomic E-state index is -0.869. The molecule has 2 aliphatic rings. The lowest BCUT2D eigenvalue weighted by Crippen LogP contribution is -2.46. The zero-order valence-corrected chi connectivity index (χ0v) is 28.2. The van der Waals surface area contributed by atoms with Crippen LogP contribution in [0, 0.1) is 0 Å². The molecule has 0 aliphatic carbocycles. The van der Waals surface area contributed by atoms with Crippen LogP contribution in [-0.2, 0) is 33.0 Å². The van der Waals surface area contributed by atoms with Crippen molar-refractivity contribution in [1.29, 1.82) is 0 Å². The van der Waals surface area contributed by atoms with E-state index in [-0.39, 0.29) is 25.4 Å². The first kappa shape index (κ1) is 34.8. The van der Waals surface area contributed by atoms with Crippen LogP contribution in [0.5, 0.6) is 0 Å². The van der Waals surface area contributed by atoms with Gasteiger partial charge in [0.2, 0.25) is 0 Å². The second kappa shape index (κ2) is 16.1. The second-order valence-corrected chi connectivity index (χ2v) is 13.2. The van der Waals surface area contributed by atoms with Crippen molar-refractivity contribution in [1.82, 2.24) is 10.2 Å². The fourth-order valence-electron chi connectivity index (χ4n) is 6.53.